The molecular formula is C18H16S5. The van der Waals surface area contributed by atoms with E-state index in [1.165, 1.54) is 9.79 Å². The molecule has 3 aromatic carbocycles. The van der Waals surface area contributed by atoms with Crippen LogP contribution in [0.4, 0.5) is 0 Å². The Hall–Kier alpha value is -0.590. The molecule has 23 heavy (non-hydrogen) atoms. The fourth-order valence-electron chi connectivity index (χ4n) is 1.62. The van der Waals surface area contributed by atoms with Gasteiger partial charge in [0.2, 0.25) is 0 Å². The molecule has 0 nitrogen and oxygen atoms in total. The summed E-state index contributed by atoms with van der Waals surface area (Å²) < 4.78 is 0. The van der Waals surface area contributed by atoms with E-state index in [-0.39, 0.29) is 0 Å². The minimum Gasteiger partial charge on any atom is -0.143 e. The van der Waals surface area contributed by atoms with Crippen molar-refractivity contribution < 1.29 is 0 Å². The third-order valence-electron chi connectivity index (χ3n) is 2.76. The maximum atomic E-state index is 4.25. The van der Waals surface area contributed by atoms with Crippen molar-refractivity contribution in [3.8, 4) is 0 Å². The van der Waals surface area contributed by atoms with Crippen LogP contribution >= 0.6 is 62.3 Å². The molecule has 0 saturated carbocycles. The van der Waals surface area contributed by atoms with E-state index in [1.54, 1.807) is 11.8 Å². The Kier molecular flexibility index (Phi) is 7.86. The second-order valence-corrected chi connectivity index (χ2v) is 7.82. The van der Waals surface area contributed by atoms with Gasteiger partial charge in [-0.2, -0.15) is 0 Å². The minimum atomic E-state index is 0.975. The molecule has 0 radical (unpaired) electrons. The second kappa shape index (κ2) is 9.64. The van der Waals surface area contributed by atoms with Gasteiger partial charge in [-0.15, -0.1) is 50.5 Å². The average Bonchev–Trinajstić information content (AvgIpc) is 2.55. The van der Waals surface area contributed by atoms with E-state index in [9.17, 15) is 0 Å². The Morgan fingerprint density at radius 1 is 0.391 bits per heavy atom. The topological polar surface area (TPSA) is 0 Å². The van der Waals surface area contributed by atoms with E-state index >= 15 is 0 Å². The standard InChI is InChI=1S/C12H10S3.C6H6S2/c13-9-1-5-11(6-2-9)15-12-7-3-10(14)4-8-12;7-5-1-2-6(8)4-3-5/h1-8,13-14H;1-4,7-8H. The minimum absolute atomic E-state index is 0.975. The Morgan fingerprint density at radius 3 is 0.870 bits per heavy atom. The molecule has 0 aliphatic carbocycles. The highest BCUT2D eigenvalue weighted by Crippen LogP contribution is 2.28. The number of hydrogen-bond acceptors (Lipinski definition) is 5. The van der Waals surface area contributed by atoms with Crippen molar-refractivity contribution in [3.63, 3.8) is 0 Å². The molecular weight excluding hydrogens is 377 g/mol. The molecule has 0 unspecified atom stereocenters. The molecule has 0 heterocycles. The molecule has 0 N–H and O–H groups in total. The Morgan fingerprint density at radius 2 is 0.609 bits per heavy atom. The van der Waals surface area contributed by atoms with E-state index < -0.39 is 0 Å². The first-order chi connectivity index (χ1) is 11.0. The highest BCUT2D eigenvalue weighted by molar-refractivity contribution is 7.99. The predicted octanol–water partition coefficient (Wildman–Crippen LogP) is 6.68. The smallest absolute Gasteiger partial charge is 0.0123 e. The number of thiol groups is 4. The van der Waals surface area contributed by atoms with Gasteiger partial charge in [0.15, 0.2) is 0 Å². The van der Waals surface area contributed by atoms with Crippen molar-refractivity contribution in [2.45, 2.75) is 29.4 Å². The molecule has 0 amide bonds. The van der Waals surface area contributed by atoms with E-state index in [1.807, 2.05) is 48.5 Å². The molecule has 0 fully saturated rings. The van der Waals surface area contributed by atoms with Gasteiger partial charge >= 0.3 is 0 Å². The van der Waals surface area contributed by atoms with Gasteiger partial charge in [0, 0.05) is 29.4 Å². The maximum Gasteiger partial charge on any atom is 0.0123 e. The summed E-state index contributed by atoms with van der Waals surface area (Å²) in [6.07, 6.45) is 0. The quantitative estimate of drug-likeness (QED) is 0.353. The van der Waals surface area contributed by atoms with Gasteiger partial charge in [-0.25, -0.2) is 0 Å². The summed E-state index contributed by atoms with van der Waals surface area (Å²) in [6, 6.07) is 23.9. The van der Waals surface area contributed by atoms with E-state index in [0.29, 0.717) is 0 Å². The third kappa shape index (κ3) is 7.23. The molecule has 0 aromatic heterocycles. The zero-order valence-electron chi connectivity index (χ0n) is 12.1. The van der Waals surface area contributed by atoms with Crippen molar-refractivity contribution in [1.29, 1.82) is 0 Å². The first-order valence-electron chi connectivity index (χ1n) is 6.77. The van der Waals surface area contributed by atoms with E-state index in [0.717, 1.165) is 19.6 Å². The highest BCUT2D eigenvalue weighted by atomic mass is 32.2. The summed E-state index contributed by atoms with van der Waals surface area (Å²) in [4.78, 5) is 6.38. The summed E-state index contributed by atoms with van der Waals surface area (Å²) in [5.41, 5.74) is 0. The van der Waals surface area contributed by atoms with Crippen molar-refractivity contribution in [1.82, 2.24) is 0 Å². The normalized spacial score (nSPS) is 9.91. The van der Waals surface area contributed by atoms with Crippen LogP contribution in [0.2, 0.25) is 0 Å². The molecule has 3 rings (SSSR count). The Balaban J connectivity index is 0.000000203. The van der Waals surface area contributed by atoms with Crippen LogP contribution in [0.1, 0.15) is 0 Å². The molecule has 3 aromatic rings. The van der Waals surface area contributed by atoms with Crippen LogP contribution < -0.4 is 0 Å². The van der Waals surface area contributed by atoms with Gasteiger partial charge in [-0.05, 0) is 72.8 Å². The van der Waals surface area contributed by atoms with Gasteiger partial charge < -0.3 is 0 Å². The zero-order valence-corrected chi connectivity index (χ0v) is 16.5. The molecule has 5 heteroatoms. The SMILES string of the molecule is Sc1ccc(S)cc1.Sc1ccc(Sc2ccc(S)cc2)cc1. The monoisotopic (exact) mass is 392 g/mol. The number of benzene rings is 3. The lowest BCUT2D eigenvalue weighted by Gasteiger charge is -2.01. The Labute approximate surface area is 163 Å². The molecule has 0 aliphatic heterocycles. The lowest BCUT2D eigenvalue weighted by molar-refractivity contribution is 1.32. The van der Waals surface area contributed by atoms with Crippen molar-refractivity contribution in [3.05, 3.63) is 72.8 Å². The van der Waals surface area contributed by atoms with E-state index in [2.05, 4.69) is 74.8 Å². The summed E-state index contributed by atoms with van der Waals surface area (Å²) in [5, 5.41) is 0. The summed E-state index contributed by atoms with van der Waals surface area (Å²) in [5.74, 6) is 0. The van der Waals surface area contributed by atoms with Gasteiger partial charge in [0.25, 0.3) is 0 Å². The molecule has 0 spiro atoms. The largest absolute Gasteiger partial charge is 0.143 e. The summed E-state index contributed by atoms with van der Waals surface area (Å²) in [6.45, 7) is 0. The van der Waals surface area contributed by atoms with Gasteiger partial charge in [-0.3, -0.25) is 0 Å². The van der Waals surface area contributed by atoms with Crippen LogP contribution in [0.3, 0.4) is 0 Å². The number of rotatable bonds is 2. The summed E-state index contributed by atoms with van der Waals surface area (Å²) in [7, 11) is 0. The third-order valence-corrected chi connectivity index (χ3v) is 4.97. The molecule has 0 aliphatic rings. The number of hydrogen-bond donors (Lipinski definition) is 4. The highest BCUT2D eigenvalue weighted by Gasteiger charge is 1.96. The van der Waals surface area contributed by atoms with Crippen molar-refractivity contribution >= 4 is 62.3 Å². The van der Waals surface area contributed by atoms with Crippen LogP contribution in [0.15, 0.2) is 102 Å². The molecule has 0 bridgehead atoms. The van der Waals surface area contributed by atoms with Gasteiger partial charge in [-0.1, -0.05) is 11.8 Å². The first-order valence-corrected chi connectivity index (χ1v) is 9.37. The van der Waals surface area contributed by atoms with Gasteiger partial charge in [0.05, 0.1) is 0 Å². The molecule has 0 saturated heterocycles. The lowest BCUT2D eigenvalue weighted by atomic mass is 10.4. The second-order valence-electron chi connectivity index (χ2n) is 4.61. The Bertz CT molecular complexity index is 654. The van der Waals surface area contributed by atoms with Crippen LogP contribution in [0, 0.1) is 0 Å². The van der Waals surface area contributed by atoms with Crippen LogP contribution in [-0.4, -0.2) is 0 Å². The van der Waals surface area contributed by atoms with Gasteiger partial charge in [0.1, 0.15) is 0 Å². The predicted molar refractivity (Wildman–Crippen MR) is 112 cm³/mol. The van der Waals surface area contributed by atoms with Crippen LogP contribution in [0.25, 0.3) is 0 Å². The first kappa shape index (κ1) is 18.7. The van der Waals surface area contributed by atoms with Crippen molar-refractivity contribution in [2.24, 2.45) is 0 Å². The zero-order chi connectivity index (χ0) is 16.7. The molecule has 0 atom stereocenters. The fraction of sp³-hybridized carbons (Fsp3) is 0. The van der Waals surface area contributed by atoms with Crippen LogP contribution in [0.5, 0.6) is 0 Å². The van der Waals surface area contributed by atoms with E-state index in [4.69, 9.17) is 0 Å². The average molecular weight is 393 g/mol. The lowest BCUT2D eigenvalue weighted by Crippen LogP contribution is -1.73. The van der Waals surface area contributed by atoms with Crippen molar-refractivity contribution in [2.75, 3.05) is 0 Å². The molecule has 118 valence electrons. The van der Waals surface area contributed by atoms with Crippen LogP contribution in [-0.2, 0) is 0 Å². The maximum absolute atomic E-state index is 4.25. The summed E-state index contributed by atoms with van der Waals surface area (Å²) >= 11 is 18.4. The fourth-order valence-corrected chi connectivity index (χ4v) is 3.03.